The Morgan fingerprint density at radius 2 is 2.05 bits per heavy atom. The zero-order chi connectivity index (χ0) is 14.6. The molecule has 1 aliphatic heterocycles. The number of hydrogen-bond acceptors (Lipinski definition) is 4. The van der Waals surface area contributed by atoms with Crippen molar-refractivity contribution >= 4 is 18.7 Å². The molecule has 2 rings (SSSR count). The van der Waals surface area contributed by atoms with E-state index in [2.05, 4.69) is 12.6 Å². The summed E-state index contributed by atoms with van der Waals surface area (Å²) in [5.74, 6) is 0.597. The van der Waals surface area contributed by atoms with Crippen molar-refractivity contribution in [3.63, 3.8) is 0 Å². The van der Waals surface area contributed by atoms with Crippen LogP contribution in [-0.4, -0.2) is 35.8 Å². The third kappa shape index (κ3) is 3.10. The molecule has 0 unspecified atom stereocenters. The zero-order valence-corrected chi connectivity index (χ0v) is 12.6. The molecule has 1 aliphatic rings. The molecule has 20 heavy (non-hydrogen) atoms. The summed E-state index contributed by atoms with van der Waals surface area (Å²) in [7, 11) is 0. The normalized spacial score (nSPS) is 17.9. The van der Waals surface area contributed by atoms with Gasteiger partial charge in [0.05, 0.1) is 12.2 Å². The smallest absolute Gasteiger partial charge is 0.409 e. The molecular weight excluding hydrogens is 274 g/mol. The van der Waals surface area contributed by atoms with E-state index in [-0.39, 0.29) is 6.09 Å². The fourth-order valence-corrected chi connectivity index (χ4v) is 2.93. The average molecular weight is 295 g/mol. The van der Waals surface area contributed by atoms with Gasteiger partial charge < -0.3 is 14.7 Å². The maximum atomic E-state index is 11.7. The summed E-state index contributed by atoms with van der Waals surface area (Å²) >= 11 is 4.32. The molecule has 0 saturated carbocycles. The number of amides is 1. The van der Waals surface area contributed by atoms with Gasteiger partial charge in [0.15, 0.2) is 0 Å². The standard InChI is InChI=1S/C15H21NO3S/c1-2-19-14(17)16-9-7-15(18,8-10-16)13-6-4-3-5-12(13)11-20/h3-6,18,20H,2,7-11H2,1H3. The molecule has 0 aliphatic carbocycles. The number of nitrogens with zero attached hydrogens (tertiary/aromatic N) is 1. The Balaban J connectivity index is 2.09. The number of carbonyl (C=O) groups excluding carboxylic acids is 1. The minimum Gasteiger partial charge on any atom is -0.450 e. The highest BCUT2D eigenvalue weighted by molar-refractivity contribution is 7.79. The quantitative estimate of drug-likeness (QED) is 0.843. The molecule has 0 spiro atoms. The summed E-state index contributed by atoms with van der Waals surface area (Å²) in [6.45, 7) is 3.19. The Kier molecular flexibility index (Phi) is 4.94. The van der Waals surface area contributed by atoms with E-state index < -0.39 is 5.60 Å². The predicted molar refractivity (Wildman–Crippen MR) is 80.9 cm³/mol. The van der Waals surface area contributed by atoms with Crippen LogP contribution < -0.4 is 0 Å². The fraction of sp³-hybridized carbons (Fsp3) is 0.533. The fourth-order valence-electron chi connectivity index (χ4n) is 2.66. The van der Waals surface area contributed by atoms with Crippen LogP contribution in [0.5, 0.6) is 0 Å². The molecule has 0 atom stereocenters. The third-order valence-electron chi connectivity index (χ3n) is 3.81. The molecule has 0 aromatic heterocycles. The molecule has 1 aromatic rings. The van der Waals surface area contributed by atoms with Crippen molar-refractivity contribution in [2.45, 2.75) is 31.1 Å². The van der Waals surface area contributed by atoms with Crippen LogP contribution in [0.15, 0.2) is 24.3 Å². The lowest BCUT2D eigenvalue weighted by atomic mass is 9.82. The molecule has 0 radical (unpaired) electrons. The molecule has 4 nitrogen and oxygen atoms in total. The number of benzene rings is 1. The minimum atomic E-state index is -0.873. The van der Waals surface area contributed by atoms with Crippen LogP contribution in [0, 0.1) is 0 Å². The lowest BCUT2D eigenvalue weighted by Gasteiger charge is -2.38. The third-order valence-corrected chi connectivity index (χ3v) is 4.15. The second kappa shape index (κ2) is 6.50. The van der Waals surface area contributed by atoms with E-state index in [1.165, 1.54) is 0 Å². The lowest BCUT2D eigenvalue weighted by Crippen LogP contribution is -2.45. The molecule has 1 N–H and O–H groups in total. The number of carbonyl (C=O) groups is 1. The van der Waals surface area contributed by atoms with Crippen LogP contribution >= 0.6 is 12.6 Å². The van der Waals surface area contributed by atoms with Gasteiger partial charge in [-0.1, -0.05) is 24.3 Å². The number of ether oxygens (including phenoxy) is 1. The van der Waals surface area contributed by atoms with E-state index in [4.69, 9.17) is 4.74 Å². The van der Waals surface area contributed by atoms with Crippen LogP contribution in [0.25, 0.3) is 0 Å². The Labute approximate surface area is 125 Å². The number of hydrogen-bond donors (Lipinski definition) is 2. The van der Waals surface area contributed by atoms with Crippen molar-refractivity contribution in [1.82, 2.24) is 4.90 Å². The molecule has 5 heteroatoms. The van der Waals surface area contributed by atoms with Crippen LogP contribution in [-0.2, 0) is 16.1 Å². The first-order valence-electron chi connectivity index (χ1n) is 6.94. The lowest BCUT2D eigenvalue weighted by molar-refractivity contribution is -0.0248. The molecule has 1 saturated heterocycles. The van der Waals surface area contributed by atoms with Crippen molar-refractivity contribution in [2.75, 3.05) is 19.7 Å². The van der Waals surface area contributed by atoms with Gasteiger partial charge in [0, 0.05) is 18.8 Å². The van der Waals surface area contributed by atoms with E-state index in [9.17, 15) is 9.90 Å². The van der Waals surface area contributed by atoms with Gasteiger partial charge in [-0.25, -0.2) is 4.79 Å². The molecule has 1 amide bonds. The number of rotatable bonds is 3. The minimum absolute atomic E-state index is 0.294. The van der Waals surface area contributed by atoms with Gasteiger partial charge in [0.1, 0.15) is 0 Å². The van der Waals surface area contributed by atoms with E-state index >= 15 is 0 Å². The molecular formula is C15H21NO3S. The van der Waals surface area contributed by atoms with E-state index in [0.717, 1.165) is 11.1 Å². The van der Waals surface area contributed by atoms with E-state index in [1.807, 2.05) is 24.3 Å². The summed E-state index contributed by atoms with van der Waals surface area (Å²) in [6.07, 6.45) is 0.754. The maximum Gasteiger partial charge on any atom is 0.409 e. The Bertz CT molecular complexity index is 470. The van der Waals surface area contributed by atoms with Crippen molar-refractivity contribution in [3.05, 3.63) is 35.4 Å². The van der Waals surface area contributed by atoms with Crippen LogP contribution in [0.3, 0.4) is 0 Å². The molecule has 1 aromatic carbocycles. The number of aliphatic hydroxyl groups is 1. The van der Waals surface area contributed by atoms with Gasteiger partial charge in [-0.3, -0.25) is 0 Å². The maximum absolute atomic E-state index is 11.7. The summed E-state index contributed by atoms with van der Waals surface area (Å²) in [5.41, 5.74) is 1.10. The van der Waals surface area contributed by atoms with Gasteiger partial charge in [0.25, 0.3) is 0 Å². The van der Waals surface area contributed by atoms with E-state index in [1.54, 1.807) is 11.8 Å². The number of thiol groups is 1. The Morgan fingerprint density at radius 3 is 2.65 bits per heavy atom. The van der Waals surface area contributed by atoms with Crippen LogP contribution in [0.1, 0.15) is 30.9 Å². The van der Waals surface area contributed by atoms with E-state index in [0.29, 0.717) is 38.3 Å². The topological polar surface area (TPSA) is 49.8 Å². The average Bonchev–Trinajstić information content (AvgIpc) is 2.48. The first kappa shape index (κ1) is 15.2. The predicted octanol–water partition coefficient (Wildman–Crippen LogP) is 2.56. The highest BCUT2D eigenvalue weighted by atomic mass is 32.1. The van der Waals surface area contributed by atoms with Crippen LogP contribution in [0.2, 0.25) is 0 Å². The summed E-state index contributed by atoms with van der Waals surface area (Å²) in [6, 6.07) is 7.81. The SMILES string of the molecule is CCOC(=O)N1CCC(O)(c2ccccc2CS)CC1. The van der Waals surface area contributed by atoms with Crippen molar-refractivity contribution < 1.29 is 14.6 Å². The van der Waals surface area contributed by atoms with Gasteiger partial charge in [0.2, 0.25) is 0 Å². The second-order valence-electron chi connectivity index (χ2n) is 5.03. The molecule has 1 fully saturated rings. The van der Waals surface area contributed by atoms with Crippen molar-refractivity contribution in [3.8, 4) is 0 Å². The van der Waals surface area contributed by atoms with Gasteiger partial charge in [-0.15, -0.1) is 0 Å². The first-order valence-corrected chi connectivity index (χ1v) is 7.57. The van der Waals surface area contributed by atoms with Gasteiger partial charge >= 0.3 is 6.09 Å². The molecule has 1 heterocycles. The number of piperidine rings is 1. The summed E-state index contributed by atoms with van der Waals surface area (Å²) < 4.78 is 4.99. The molecule has 0 bridgehead atoms. The second-order valence-corrected chi connectivity index (χ2v) is 5.35. The van der Waals surface area contributed by atoms with Crippen LogP contribution in [0.4, 0.5) is 4.79 Å². The Morgan fingerprint density at radius 1 is 1.40 bits per heavy atom. The van der Waals surface area contributed by atoms with Gasteiger partial charge in [-0.05, 0) is 30.9 Å². The zero-order valence-electron chi connectivity index (χ0n) is 11.7. The highest BCUT2D eigenvalue weighted by Gasteiger charge is 2.36. The van der Waals surface area contributed by atoms with Crippen molar-refractivity contribution in [1.29, 1.82) is 0 Å². The first-order chi connectivity index (χ1) is 9.60. The Hall–Kier alpha value is -1.20. The number of likely N-dealkylation sites (tertiary alicyclic amines) is 1. The monoisotopic (exact) mass is 295 g/mol. The highest BCUT2D eigenvalue weighted by Crippen LogP contribution is 2.35. The largest absolute Gasteiger partial charge is 0.450 e. The summed E-state index contributed by atoms with van der Waals surface area (Å²) in [5, 5.41) is 10.9. The molecule has 110 valence electrons. The summed E-state index contributed by atoms with van der Waals surface area (Å²) in [4.78, 5) is 13.3. The van der Waals surface area contributed by atoms with Gasteiger partial charge in [-0.2, -0.15) is 12.6 Å². The van der Waals surface area contributed by atoms with Crippen molar-refractivity contribution in [2.24, 2.45) is 0 Å².